The Labute approximate surface area is 168 Å². The average Bonchev–Trinajstić information content (AvgIpc) is 3.18. The van der Waals surface area contributed by atoms with Crippen LogP contribution >= 0.6 is 0 Å². The molecule has 1 heterocycles. The van der Waals surface area contributed by atoms with Crippen LogP contribution in [0, 0.1) is 0 Å². The summed E-state index contributed by atoms with van der Waals surface area (Å²) in [6.07, 6.45) is 0. The van der Waals surface area contributed by atoms with Gasteiger partial charge in [-0.25, -0.2) is 4.68 Å². The van der Waals surface area contributed by atoms with E-state index >= 15 is 0 Å². The first kappa shape index (κ1) is 18.6. The van der Waals surface area contributed by atoms with Crippen LogP contribution in [0.25, 0.3) is 22.2 Å². The van der Waals surface area contributed by atoms with E-state index in [1.54, 1.807) is 18.8 Å². The van der Waals surface area contributed by atoms with Gasteiger partial charge in [-0.05, 0) is 58.0 Å². The maximum atomic E-state index is 12.8. The van der Waals surface area contributed by atoms with E-state index < -0.39 is 0 Å². The summed E-state index contributed by atoms with van der Waals surface area (Å²) in [4.78, 5) is 12.8. The number of ether oxygens (including phenoxy) is 1. The molecule has 1 unspecified atom stereocenters. The van der Waals surface area contributed by atoms with Gasteiger partial charge in [0.1, 0.15) is 5.75 Å². The number of rotatable bonds is 5. The molecule has 146 valence electrons. The van der Waals surface area contributed by atoms with Crippen molar-refractivity contribution in [1.29, 1.82) is 0 Å². The van der Waals surface area contributed by atoms with E-state index in [-0.39, 0.29) is 11.8 Å². The van der Waals surface area contributed by atoms with Crippen molar-refractivity contribution in [3.8, 4) is 17.1 Å². The van der Waals surface area contributed by atoms with Gasteiger partial charge in [0.2, 0.25) is 5.91 Å². The number of carbonyl (C=O) groups excluding carboxylic acids is 1. The van der Waals surface area contributed by atoms with Gasteiger partial charge in [0.15, 0.2) is 5.82 Å². The van der Waals surface area contributed by atoms with E-state index in [0.29, 0.717) is 11.5 Å². The van der Waals surface area contributed by atoms with Crippen molar-refractivity contribution in [2.24, 2.45) is 7.05 Å². The first-order chi connectivity index (χ1) is 14.0. The van der Waals surface area contributed by atoms with Gasteiger partial charge in [-0.3, -0.25) is 4.79 Å². The molecule has 0 spiro atoms. The van der Waals surface area contributed by atoms with Crippen LogP contribution in [-0.2, 0) is 11.8 Å². The van der Waals surface area contributed by atoms with Crippen LogP contribution in [0.1, 0.15) is 18.4 Å². The number of hydrogen-bond donors (Lipinski definition) is 1. The SMILES string of the molecule is COc1ccc2cc(C(C)C(=O)Nc3cccc(-c4nnnn4C)c3)ccc2c1. The quantitative estimate of drug-likeness (QED) is 0.564. The highest BCUT2D eigenvalue weighted by molar-refractivity contribution is 5.97. The summed E-state index contributed by atoms with van der Waals surface area (Å²) in [6.45, 7) is 1.90. The normalized spacial score (nSPS) is 12.0. The van der Waals surface area contributed by atoms with Crippen molar-refractivity contribution in [2.75, 3.05) is 12.4 Å². The largest absolute Gasteiger partial charge is 0.497 e. The van der Waals surface area contributed by atoms with Gasteiger partial charge in [-0.1, -0.05) is 36.4 Å². The first-order valence-corrected chi connectivity index (χ1v) is 9.26. The lowest BCUT2D eigenvalue weighted by molar-refractivity contribution is -0.117. The summed E-state index contributed by atoms with van der Waals surface area (Å²) >= 11 is 0. The molecule has 1 amide bonds. The van der Waals surface area contributed by atoms with E-state index in [2.05, 4.69) is 20.8 Å². The highest BCUT2D eigenvalue weighted by Crippen LogP contribution is 2.26. The fraction of sp³-hybridized carbons (Fsp3) is 0.182. The monoisotopic (exact) mass is 387 g/mol. The predicted octanol–water partition coefficient (Wildman–Crippen LogP) is 3.78. The minimum atomic E-state index is -0.304. The fourth-order valence-electron chi connectivity index (χ4n) is 3.25. The summed E-state index contributed by atoms with van der Waals surface area (Å²) in [5.41, 5.74) is 2.49. The number of amides is 1. The molecule has 0 bridgehead atoms. The van der Waals surface area contributed by atoms with Gasteiger partial charge in [-0.15, -0.1) is 5.10 Å². The van der Waals surface area contributed by atoms with Gasteiger partial charge < -0.3 is 10.1 Å². The van der Waals surface area contributed by atoms with Crippen molar-refractivity contribution in [1.82, 2.24) is 20.2 Å². The number of anilines is 1. The lowest BCUT2D eigenvalue weighted by Gasteiger charge is -2.14. The Morgan fingerprint density at radius 2 is 1.86 bits per heavy atom. The molecule has 1 N–H and O–H groups in total. The lowest BCUT2D eigenvalue weighted by atomic mass is 9.97. The van der Waals surface area contributed by atoms with Gasteiger partial charge >= 0.3 is 0 Å². The van der Waals surface area contributed by atoms with Crippen LogP contribution in [0.2, 0.25) is 0 Å². The number of carbonyl (C=O) groups is 1. The van der Waals surface area contributed by atoms with Gasteiger partial charge in [0.25, 0.3) is 0 Å². The molecule has 1 atom stereocenters. The van der Waals surface area contributed by atoms with Crippen LogP contribution in [0.3, 0.4) is 0 Å². The Bertz CT molecular complexity index is 1180. The number of fused-ring (bicyclic) bond motifs is 1. The van der Waals surface area contributed by atoms with Crippen molar-refractivity contribution in [2.45, 2.75) is 12.8 Å². The van der Waals surface area contributed by atoms with E-state index in [9.17, 15) is 4.79 Å². The molecule has 0 saturated heterocycles. The van der Waals surface area contributed by atoms with E-state index in [1.165, 1.54) is 0 Å². The van der Waals surface area contributed by atoms with Gasteiger partial charge in [-0.2, -0.15) is 0 Å². The minimum absolute atomic E-state index is 0.0777. The molecule has 7 heteroatoms. The summed E-state index contributed by atoms with van der Waals surface area (Å²) in [5.74, 6) is 1.07. The predicted molar refractivity (Wildman–Crippen MR) is 112 cm³/mol. The van der Waals surface area contributed by atoms with Gasteiger partial charge in [0.05, 0.1) is 13.0 Å². The molecule has 0 aliphatic rings. The third kappa shape index (κ3) is 3.80. The van der Waals surface area contributed by atoms with E-state index in [0.717, 1.165) is 27.6 Å². The van der Waals surface area contributed by atoms with E-state index in [4.69, 9.17) is 4.74 Å². The van der Waals surface area contributed by atoms with Crippen molar-refractivity contribution < 1.29 is 9.53 Å². The van der Waals surface area contributed by atoms with Crippen LogP contribution in [0.15, 0.2) is 60.7 Å². The Hall–Kier alpha value is -3.74. The average molecular weight is 387 g/mol. The van der Waals surface area contributed by atoms with Crippen molar-refractivity contribution in [3.05, 3.63) is 66.2 Å². The number of nitrogens with one attached hydrogen (secondary N) is 1. The molecule has 7 nitrogen and oxygen atoms in total. The Morgan fingerprint density at radius 1 is 1.07 bits per heavy atom. The summed E-state index contributed by atoms with van der Waals surface area (Å²) < 4.78 is 6.86. The maximum absolute atomic E-state index is 12.8. The number of nitrogens with zero attached hydrogens (tertiary/aromatic N) is 4. The van der Waals surface area contributed by atoms with Crippen LogP contribution < -0.4 is 10.1 Å². The molecule has 0 saturated carbocycles. The number of methoxy groups -OCH3 is 1. The first-order valence-electron chi connectivity index (χ1n) is 9.26. The van der Waals surface area contributed by atoms with Crippen molar-refractivity contribution >= 4 is 22.4 Å². The fourth-order valence-corrected chi connectivity index (χ4v) is 3.25. The second-order valence-corrected chi connectivity index (χ2v) is 6.89. The molecule has 1 aromatic heterocycles. The zero-order valence-corrected chi connectivity index (χ0v) is 16.5. The highest BCUT2D eigenvalue weighted by Gasteiger charge is 2.16. The second kappa shape index (κ2) is 7.71. The zero-order valence-electron chi connectivity index (χ0n) is 16.5. The molecule has 29 heavy (non-hydrogen) atoms. The van der Waals surface area contributed by atoms with Gasteiger partial charge in [0, 0.05) is 18.3 Å². The number of tetrazole rings is 1. The second-order valence-electron chi connectivity index (χ2n) is 6.89. The molecule has 3 aromatic carbocycles. The molecule has 0 aliphatic carbocycles. The third-order valence-corrected chi connectivity index (χ3v) is 4.97. The maximum Gasteiger partial charge on any atom is 0.231 e. The standard InChI is InChI=1S/C22H21N5O2/c1-14(15-7-8-17-13-20(29-3)10-9-16(17)11-15)22(28)23-19-6-4-5-18(12-19)21-24-25-26-27(21)2/h4-14H,1-3H3,(H,23,28). The Kier molecular flexibility index (Phi) is 4.95. The number of hydrogen-bond acceptors (Lipinski definition) is 5. The zero-order chi connectivity index (χ0) is 20.4. The van der Waals surface area contributed by atoms with Crippen LogP contribution in [0.5, 0.6) is 5.75 Å². The Morgan fingerprint density at radius 3 is 2.62 bits per heavy atom. The highest BCUT2D eigenvalue weighted by atomic mass is 16.5. The molecule has 0 aliphatic heterocycles. The summed E-state index contributed by atoms with van der Waals surface area (Å²) in [6, 6.07) is 19.4. The van der Waals surface area contributed by atoms with E-state index in [1.807, 2.05) is 67.6 Å². The minimum Gasteiger partial charge on any atom is -0.497 e. The topological polar surface area (TPSA) is 81.9 Å². The Balaban J connectivity index is 1.54. The summed E-state index contributed by atoms with van der Waals surface area (Å²) in [7, 11) is 3.43. The van der Waals surface area contributed by atoms with Crippen molar-refractivity contribution in [3.63, 3.8) is 0 Å². The number of aromatic nitrogens is 4. The van der Waals surface area contributed by atoms with Crippen LogP contribution in [0.4, 0.5) is 5.69 Å². The molecular weight excluding hydrogens is 366 g/mol. The molecule has 4 rings (SSSR count). The smallest absolute Gasteiger partial charge is 0.231 e. The number of benzene rings is 3. The number of aryl methyl sites for hydroxylation is 1. The lowest BCUT2D eigenvalue weighted by Crippen LogP contribution is -2.18. The van der Waals surface area contributed by atoms with Crippen LogP contribution in [-0.4, -0.2) is 33.2 Å². The molecule has 0 radical (unpaired) electrons. The molecular formula is C22H21N5O2. The molecule has 4 aromatic rings. The summed E-state index contributed by atoms with van der Waals surface area (Å²) in [5, 5.41) is 16.7. The molecule has 0 fully saturated rings. The third-order valence-electron chi connectivity index (χ3n) is 4.97.